The molecule has 0 bridgehead atoms. The van der Waals surface area contributed by atoms with Gasteiger partial charge in [-0.25, -0.2) is 0 Å². The fraction of sp³-hybridized carbons (Fsp3) is 0.545. The molecule has 5 nitrogen and oxygen atoms in total. The number of hydrogen-bond donors (Lipinski definition) is 2. The minimum atomic E-state index is -0.190. The predicted octanol–water partition coefficient (Wildman–Crippen LogP) is -0.422. The zero-order chi connectivity index (χ0) is 11.4. The number of nitrogens with one attached hydrogen (secondary N) is 1. The van der Waals surface area contributed by atoms with E-state index in [-0.39, 0.29) is 17.9 Å². The Hall–Kier alpha value is -1.33. The average Bonchev–Trinajstić information content (AvgIpc) is 2.88. The van der Waals surface area contributed by atoms with Crippen molar-refractivity contribution >= 4 is 5.91 Å². The third-order valence-electron chi connectivity index (χ3n) is 2.80. The van der Waals surface area contributed by atoms with Gasteiger partial charge in [0.1, 0.15) is 0 Å². The predicted molar refractivity (Wildman–Crippen MR) is 59.7 cm³/mol. The Morgan fingerprint density at radius 2 is 2.19 bits per heavy atom. The number of hydrogen-bond acceptors (Lipinski definition) is 3. The molecular weight excluding hydrogens is 206 g/mol. The van der Waals surface area contributed by atoms with Crippen LogP contribution in [0.3, 0.4) is 0 Å². The third-order valence-corrected chi connectivity index (χ3v) is 2.80. The first-order valence-electron chi connectivity index (χ1n) is 5.49. The van der Waals surface area contributed by atoms with E-state index in [2.05, 4.69) is 5.32 Å². The molecule has 1 amide bonds. The highest BCUT2D eigenvalue weighted by molar-refractivity contribution is 5.79. The SMILES string of the molecule is NC1COCC1C(=O)NCCn1cccc1. The number of nitrogens with zero attached hydrogens (tertiary/aromatic N) is 1. The molecule has 0 aliphatic carbocycles. The van der Waals surface area contributed by atoms with Crippen LogP contribution in [0.1, 0.15) is 0 Å². The number of nitrogens with two attached hydrogens (primary N) is 1. The highest BCUT2D eigenvalue weighted by Gasteiger charge is 2.30. The van der Waals surface area contributed by atoms with Crippen molar-refractivity contribution in [3.05, 3.63) is 24.5 Å². The second kappa shape index (κ2) is 5.14. The van der Waals surface area contributed by atoms with Crippen molar-refractivity contribution in [1.82, 2.24) is 9.88 Å². The Morgan fingerprint density at radius 1 is 1.44 bits per heavy atom. The van der Waals surface area contributed by atoms with Gasteiger partial charge in [-0.1, -0.05) is 0 Å². The number of carbonyl (C=O) groups is 1. The van der Waals surface area contributed by atoms with Gasteiger partial charge in [0.15, 0.2) is 0 Å². The van der Waals surface area contributed by atoms with E-state index >= 15 is 0 Å². The Labute approximate surface area is 94.6 Å². The quantitative estimate of drug-likeness (QED) is 0.728. The fourth-order valence-electron chi connectivity index (χ4n) is 1.80. The van der Waals surface area contributed by atoms with Crippen LogP contribution >= 0.6 is 0 Å². The Kier molecular flexibility index (Phi) is 3.58. The van der Waals surface area contributed by atoms with Crippen LogP contribution in [0, 0.1) is 5.92 Å². The molecule has 1 aromatic heterocycles. The summed E-state index contributed by atoms with van der Waals surface area (Å²) in [6.07, 6.45) is 3.94. The highest BCUT2D eigenvalue weighted by Crippen LogP contribution is 2.11. The molecule has 16 heavy (non-hydrogen) atoms. The van der Waals surface area contributed by atoms with Crippen molar-refractivity contribution in [2.45, 2.75) is 12.6 Å². The molecule has 2 rings (SSSR count). The van der Waals surface area contributed by atoms with Gasteiger partial charge in [-0.3, -0.25) is 4.79 Å². The second-order valence-corrected chi connectivity index (χ2v) is 4.02. The first-order valence-corrected chi connectivity index (χ1v) is 5.49. The van der Waals surface area contributed by atoms with Gasteiger partial charge in [0.25, 0.3) is 0 Å². The number of carbonyl (C=O) groups excluding carboxylic acids is 1. The molecule has 0 radical (unpaired) electrons. The van der Waals surface area contributed by atoms with Crippen LogP contribution in [-0.4, -0.2) is 36.3 Å². The third kappa shape index (κ3) is 2.62. The van der Waals surface area contributed by atoms with Crippen molar-refractivity contribution in [2.75, 3.05) is 19.8 Å². The summed E-state index contributed by atoms with van der Waals surface area (Å²) >= 11 is 0. The summed E-state index contributed by atoms with van der Waals surface area (Å²) in [5.74, 6) is -0.193. The maximum absolute atomic E-state index is 11.7. The van der Waals surface area contributed by atoms with Crippen LogP contribution in [0.25, 0.3) is 0 Å². The Balaban J connectivity index is 1.71. The summed E-state index contributed by atoms with van der Waals surface area (Å²) in [4.78, 5) is 11.7. The molecule has 0 spiro atoms. The summed E-state index contributed by atoms with van der Waals surface area (Å²) in [7, 11) is 0. The normalized spacial score (nSPS) is 24.6. The zero-order valence-corrected chi connectivity index (χ0v) is 9.13. The van der Waals surface area contributed by atoms with Crippen molar-refractivity contribution in [3.8, 4) is 0 Å². The van der Waals surface area contributed by atoms with Crippen LogP contribution in [0.5, 0.6) is 0 Å². The van der Waals surface area contributed by atoms with E-state index in [1.54, 1.807) is 0 Å². The first kappa shape index (κ1) is 11.2. The van der Waals surface area contributed by atoms with E-state index in [0.717, 1.165) is 6.54 Å². The topological polar surface area (TPSA) is 69.3 Å². The monoisotopic (exact) mass is 223 g/mol. The van der Waals surface area contributed by atoms with E-state index in [1.165, 1.54) is 0 Å². The molecule has 1 aliphatic heterocycles. The van der Waals surface area contributed by atoms with Gasteiger partial charge < -0.3 is 20.4 Å². The lowest BCUT2D eigenvalue weighted by Crippen LogP contribution is -2.41. The van der Waals surface area contributed by atoms with Gasteiger partial charge >= 0.3 is 0 Å². The van der Waals surface area contributed by atoms with Crippen molar-refractivity contribution in [2.24, 2.45) is 11.7 Å². The molecule has 1 fully saturated rings. The minimum absolute atomic E-state index is 0.00263. The fourth-order valence-corrected chi connectivity index (χ4v) is 1.80. The summed E-state index contributed by atoms with van der Waals surface area (Å²) in [5.41, 5.74) is 5.76. The van der Waals surface area contributed by atoms with Crippen LogP contribution < -0.4 is 11.1 Å². The van der Waals surface area contributed by atoms with Gasteiger partial charge in [0, 0.05) is 31.5 Å². The number of ether oxygens (including phenoxy) is 1. The van der Waals surface area contributed by atoms with E-state index in [4.69, 9.17) is 10.5 Å². The summed E-state index contributed by atoms with van der Waals surface area (Å²) in [6, 6.07) is 3.76. The van der Waals surface area contributed by atoms with E-state index in [1.807, 2.05) is 29.1 Å². The van der Waals surface area contributed by atoms with Crippen molar-refractivity contribution in [1.29, 1.82) is 0 Å². The molecule has 1 aliphatic rings. The number of amides is 1. The average molecular weight is 223 g/mol. The molecule has 88 valence electrons. The molecular formula is C11H17N3O2. The summed E-state index contributed by atoms with van der Waals surface area (Å²) in [5, 5.41) is 2.87. The molecule has 3 N–H and O–H groups in total. The Morgan fingerprint density at radius 3 is 2.81 bits per heavy atom. The first-order chi connectivity index (χ1) is 7.77. The van der Waals surface area contributed by atoms with E-state index in [9.17, 15) is 4.79 Å². The van der Waals surface area contributed by atoms with Crippen LogP contribution in [0.4, 0.5) is 0 Å². The maximum Gasteiger partial charge on any atom is 0.227 e. The van der Waals surface area contributed by atoms with Crippen LogP contribution in [0.15, 0.2) is 24.5 Å². The Bertz CT molecular complexity index is 337. The molecule has 1 aromatic rings. The smallest absolute Gasteiger partial charge is 0.227 e. The molecule has 1 saturated heterocycles. The highest BCUT2D eigenvalue weighted by atomic mass is 16.5. The molecule has 2 atom stereocenters. The minimum Gasteiger partial charge on any atom is -0.379 e. The number of rotatable bonds is 4. The largest absolute Gasteiger partial charge is 0.379 e. The zero-order valence-electron chi connectivity index (χ0n) is 9.13. The lowest BCUT2D eigenvalue weighted by molar-refractivity contribution is -0.125. The van der Waals surface area contributed by atoms with Gasteiger partial charge in [-0.05, 0) is 12.1 Å². The summed E-state index contributed by atoms with van der Waals surface area (Å²) < 4.78 is 7.17. The van der Waals surface area contributed by atoms with Crippen LogP contribution in [0.2, 0.25) is 0 Å². The molecule has 2 heterocycles. The maximum atomic E-state index is 11.7. The van der Waals surface area contributed by atoms with Crippen molar-refractivity contribution < 1.29 is 9.53 Å². The lowest BCUT2D eigenvalue weighted by atomic mass is 10.0. The van der Waals surface area contributed by atoms with Gasteiger partial charge in [0.05, 0.1) is 19.1 Å². The van der Waals surface area contributed by atoms with Crippen LogP contribution in [-0.2, 0) is 16.1 Å². The molecule has 2 unspecified atom stereocenters. The molecule has 0 aromatic carbocycles. The molecule has 5 heteroatoms. The number of aromatic nitrogens is 1. The van der Waals surface area contributed by atoms with Crippen molar-refractivity contribution in [3.63, 3.8) is 0 Å². The van der Waals surface area contributed by atoms with Gasteiger partial charge in [0.2, 0.25) is 5.91 Å². The lowest BCUT2D eigenvalue weighted by Gasteiger charge is -2.13. The van der Waals surface area contributed by atoms with Gasteiger partial charge in [-0.2, -0.15) is 0 Å². The van der Waals surface area contributed by atoms with Gasteiger partial charge in [-0.15, -0.1) is 0 Å². The standard InChI is InChI=1S/C11H17N3O2/c12-10-8-16-7-9(10)11(15)13-3-6-14-4-1-2-5-14/h1-2,4-5,9-10H,3,6-8,12H2,(H,13,15). The summed E-state index contributed by atoms with van der Waals surface area (Å²) in [6.45, 7) is 2.32. The van der Waals surface area contributed by atoms with E-state index in [0.29, 0.717) is 19.8 Å². The molecule has 0 saturated carbocycles. The van der Waals surface area contributed by atoms with E-state index < -0.39 is 0 Å². The second-order valence-electron chi connectivity index (χ2n) is 4.02.